The lowest BCUT2D eigenvalue weighted by Gasteiger charge is -2.29. The Morgan fingerprint density at radius 1 is 1.24 bits per heavy atom. The Labute approximate surface area is 128 Å². The maximum atomic E-state index is 12.5. The molecule has 0 bridgehead atoms. The van der Waals surface area contributed by atoms with E-state index in [1.807, 2.05) is 11.0 Å². The molecular weight excluding hydrogens is 262 g/mol. The van der Waals surface area contributed by atoms with Crippen LogP contribution in [0, 0.1) is 0 Å². The molecule has 0 aromatic heterocycles. The monoisotopic (exact) mass is 289 g/mol. The summed E-state index contributed by atoms with van der Waals surface area (Å²) in [5, 5.41) is 3.34. The Hall–Kier alpha value is -1.39. The smallest absolute Gasteiger partial charge is 0.236 e. The zero-order valence-corrected chi connectivity index (χ0v) is 13.2. The van der Waals surface area contributed by atoms with Crippen LogP contribution in [0.25, 0.3) is 0 Å². The molecule has 0 atom stereocenters. The lowest BCUT2D eigenvalue weighted by molar-refractivity contribution is -0.132. The first-order valence-electron chi connectivity index (χ1n) is 7.93. The fourth-order valence-corrected chi connectivity index (χ4v) is 2.61. The standard InChI is InChI=1S/C17H27N3O/c1-15(2)20(13-16-7-4-3-5-8-16)14-17(21)19-11-6-9-18-10-12-19/h3-5,7-8,15,18H,6,9-14H2,1-2H3. The Morgan fingerprint density at radius 2 is 2.00 bits per heavy atom. The van der Waals surface area contributed by atoms with Gasteiger partial charge >= 0.3 is 0 Å². The van der Waals surface area contributed by atoms with Gasteiger partial charge in [0.25, 0.3) is 0 Å². The summed E-state index contributed by atoms with van der Waals surface area (Å²) >= 11 is 0. The molecule has 1 aliphatic rings. The van der Waals surface area contributed by atoms with Crippen molar-refractivity contribution in [2.24, 2.45) is 0 Å². The summed E-state index contributed by atoms with van der Waals surface area (Å²) in [6, 6.07) is 10.7. The van der Waals surface area contributed by atoms with E-state index in [1.54, 1.807) is 0 Å². The van der Waals surface area contributed by atoms with Gasteiger partial charge in [-0.25, -0.2) is 0 Å². The SMILES string of the molecule is CC(C)N(CC(=O)N1CCCNCC1)Cc1ccccc1. The fourth-order valence-electron chi connectivity index (χ4n) is 2.61. The molecule has 21 heavy (non-hydrogen) atoms. The van der Waals surface area contributed by atoms with Gasteiger partial charge in [0.1, 0.15) is 0 Å². The summed E-state index contributed by atoms with van der Waals surface area (Å²) in [6.45, 7) is 9.27. The largest absolute Gasteiger partial charge is 0.340 e. The number of rotatable bonds is 5. The number of benzene rings is 1. The van der Waals surface area contributed by atoms with E-state index in [1.165, 1.54) is 5.56 Å². The average molecular weight is 289 g/mol. The molecule has 1 heterocycles. The number of carbonyl (C=O) groups is 1. The molecule has 0 radical (unpaired) electrons. The molecular formula is C17H27N3O. The maximum absolute atomic E-state index is 12.5. The van der Waals surface area contributed by atoms with Crippen LogP contribution in [0.15, 0.2) is 30.3 Å². The number of hydrogen-bond donors (Lipinski definition) is 1. The van der Waals surface area contributed by atoms with E-state index >= 15 is 0 Å². The van der Waals surface area contributed by atoms with Crippen molar-refractivity contribution in [1.29, 1.82) is 0 Å². The van der Waals surface area contributed by atoms with E-state index < -0.39 is 0 Å². The summed E-state index contributed by atoms with van der Waals surface area (Å²) in [5.74, 6) is 0.253. The summed E-state index contributed by atoms with van der Waals surface area (Å²) in [7, 11) is 0. The first kappa shape index (κ1) is 16.0. The van der Waals surface area contributed by atoms with E-state index in [0.29, 0.717) is 12.6 Å². The Kier molecular flexibility index (Phi) is 6.21. The van der Waals surface area contributed by atoms with E-state index in [2.05, 4.69) is 48.3 Å². The minimum Gasteiger partial charge on any atom is -0.340 e. The quantitative estimate of drug-likeness (QED) is 0.896. The second-order valence-corrected chi connectivity index (χ2v) is 5.97. The van der Waals surface area contributed by atoms with Gasteiger partial charge < -0.3 is 10.2 Å². The number of hydrogen-bond acceptors (Lipinski definition) is 3. The van der Waals surface area contributed by atoms with Crippen LogP contribution in [0.4, 0.5) is 0 Å². The van der Waals surface area contributed by atoms with E-state index in [-0.39, 0.29) is 5.91 Å². The van der Waals surface area contributed by atoms with Gasteiger partial charge in [0.15, 0.2) is 0 Å². The summed E-state index contributed by atoms with van der Waals surface area (Å²) in [5.41, 5.74) is 1.26. The van der Waals surface area contributed by atoms with Crippen LogP contribution in [-0.2, 0) is 11.3 Å². The summed E-state index contributed by atoms with van der Waals surface area (Å²) in [4.78, 5) is 16.8. The minimum atomic E-state index is 0.253. The molecule has 4 nitrogen and oxygen atoms in total. The number of nitrogens with one attached hydrogen (secondary N) is 1. The number of nitrogens with zero attached hydrogens (tertiary/aromatic N) is 2. The van der Waals surface area contributed by atoms with Gasteiger partial charge in [-0.05, 0) is 32.4 Å². The normalized spacial score (nSPS) is 16.3. The Bertz CT molecular complexity index is 425. The van der Waals surface area contributed by atoms with Gasteiger partial charge in [0.2, 0.25) is 5.91 Å². The molecule has 1 fully saturated rings. The number of amides is 1. The zero-order chi connectivity index (χ0) is 15.1. The second-order valence-electron chi connectivity index (χ2n) is 5.97. The van der Waals surface area contributed by atoms with Crippen molar-refractivity contribution >= 4 is 5.91 Å². The van der Waals surface area contributed by atoms with Crippen molar-refractivity contribution in [3.63, 3.8) is 0 Å². The highest BCUT2D eigenvalue weighted by Gasteiger charge is 2.20. The van der Waals surface area contributed by atoms with Gasteiger partial charge in [0.05, 0.1) is 6.54 Å². The molecule has 4 heteroatoms. The van der Waals surface area contributed by atoms with Crippen molar-refractivity contribution in [2.75, 3.05) is 32.7 Å². The van der Waals surface area contributed by atoms with E-state index in [0.717, 1.165) is 39.1 Å². The highest BCUT2D eigenvalue weighted by Crippen LogP contribution is 2.09. The van der Waals surface area contributed by atoms with E-state index in [4.69, 9.17) is 0 Å². The third-order valence-electron chi connectivity index (χ3n) is 3.99. The lowest BCUT2D eigenvalue weighted by atomic mass is 10.2. The van der Waals surface area contributed by atoms with Crippen molar-refractivity contribution in [1.82, 2.24) is 15.1 Å². The molecule has 1 amide bonds. The fraction of sp³-hybridized carbons (Fsp3) is 0.588. The molecule has 0 saturated carbocycles. The maximum Gasteiger partial charge on any atom is 0.236 e. The summed E-state index contributed by atoms with van der Waals surface area (Å²) < 4.78 is 0. The zero-order valence-electron chi connectivity index (χ0n) is 13.2. The molecule has 0 spiro atoms. The van der Waals surface area contributed by atoms with Crippen molar-refractivity contribution < 1.29 is 4.79 Å². The first-order valence-corrected chi connectivity index (χ1v) is 7.93. The van der Waals surface area contributed by atoms with Crippen molar-refractivity contribution in [3.8, 4) is 0 Å². The Balaban J connectivity index is 1.94. The van der Waals surface area contributed by atoms with Gasteiger partial charge in [-0.15, -0.1) is 0 Å². The molecule has 116 valence electrons. The highest BCUT2D eigenvalue weighted by atomic mass is 16.2. The third-order valence-corrected chi connectivity index (χ3v) is 3.99. The van der Waals surface area contributed by atoms with Gasteiger partial charge in [-0.1, -0.05) is 30.3 Å². The van der Waals surface area contributed by atoms with Crippen LogP contribution in [-0.4, -0.2) is 54.5 Å². The minimum absolute atomic E-state index is 0.253. The van der Waals surface area contributed by atoms with Crippen LogP contribution < -0.4 is 5.32 Å². The van der Waals surface area contributed by atoms with Crippen LogP contribution in [0.5, 0.6) is 0 Å². The van der Waals surface area contributed by atoms with Crippen molar-refractivity contribution in [2.45, 2.75) is 32.9 Å². The Morgan fingerprint density at radius 3 is 2.71 bits per heavy atom. The topological polar surface area (TPSA) is 35.6 Å². The molecule has 1 N–H and O–H groups in total. The van der Waals surface area contributed by atoms with Crippen LogP contribution in [0.1, 0.15) is 25.8 Å². The van der Waals surface area contributed by atoms with Crippen LogP contribution in [0.3, 0.4) is 0 Å². The molecule has 0 aliphatic carbocycles. The van der Waals surface area contributed by atoms with Gasteiger partial charge in [-0.2, -0.15) is 0 Å². The van der Waals surface area contributed by atoms with Gasteiger partial charge in [0, 0.05) is 32.2 Å². The van der Waals surface area contributed by atoms with E-state index in [9.17, 15) is 4.79 Å². The molecule has 2 rings (SSSR count). The molecule has 0 unspecified atom stereocenters. The summed E-state index contributed by atoms with van der Waals surface area (Å²) in [6.07, 6.45) is 1.05. The highest BCUT2D eigenvalue weighted by molar-refractivity contribution is 5.78. The lowest BCUT2D eigenvalue weighted by Crippen LogP contribution is -2.43. The predicted octanol–water partition coefficient (Wildman–Crippen LogP) is 1.72. The van der Waals surface area contributed by atoms with Crippen LogP contribution in [0.2, 0.25) is 0 Å². The second kappa shape index (κ2) is 8.15. The molecule has 1 aromatic carbocycles. The van der Waals surface area contributed by atoms with Crippen LogP contribution >= 0.6 is 0 Å². The molecule has 1 saturated heterocycles. The first-order chi connectivity index (χ1) is 10.2. The average Bonchev–Trinajstić information content (AvgIpc) is 2.76. The molecule has 1 aliphatic heterocycles. The number of carbonyl (C=O) groups excluding carboxylic acids is 1. The molecule has 1 aromatic rings. The van der Waals surface area contributed by atoms with Crippen molar-refractivity contribution in [3.05, 3.63) is 35.9 Å². The third kappa shape index (κ3) is 5.14. The predicted molar refractivity (Wildman–Crippen MR) is 86.1 cm³/mol. The van der Waals surface area contributed by atoms with Gasteiger partial charge in [-0.3, -0.25) is 9.69 Å².